The van der Waals surface area contributed by atoms with E-state index in [4.69, 9.17) is 0 Å². The van der Waals surface area contributed by atoms with E-state index in [9.17, 15) is 10.1 Å². The quantitative estimate of drug-likeness (QED) is 0.673. The maximum Gasteiger partial charge on any atom is 0.353 e. The summed E-state index contributed by atoms with van der Waals surface area (Å²) in [6, 6.07) is 0.405. The molecule has 7 heteroatoms. The number of piperidine rings is 1. The van der Waals surface area contributed by atoms with E-state index in [2.05, 4.69) is 20.2 Å². The van der Waals surface area contributed by atoms with Gasteiger partial charge in [-0.05, 0) is 31.6 Å². The van der Waals surface area contributed by atoms with Gasteiger partial charge in [0.25, 0.3) is 0 Å². The Kier molecular flexibility index (Phi) is 3.42. The van der Waals surface area contributed by atoms with Gasteiger partial charge in [0.05, 0.1) is 4.92 Å². The Bertz CT molecular complexity index is 521. The maximum absolute atomic E-state index is 11.4. The van der Waals surface area contributed by atoms with Gasteiger partial charge in [-0.25, -0.2) is 9.97 Å². The highest BCUT2D eigenvalue weighted by atomic mass is 16.6. The molecule has 1 aliphatic heterocycles. The molecule has 20 heavy (non-hydrogen) atoms. The Balaban J connectivity index is 2.02. The number of nitro groups is 1. The van der Waals surface area contributed by atoms with E-state index in [0.717, 1.165) is 19.4 Å². The zero-order valence-electron chi connectivity index (χ0n) is 11.6. The second-order valence-electron chi connectivity index (χ2n) is 5.50. The van der Waals surface area contributed by atoms with E-state index in [1.807, 2.05) is 0 Å². The lowest BCUT2D eigenvalue weighted by Crippen LogP contribution is -2.43. The van der Waals surface area contributed by atoms with Gasteiger partial charge < -0.3 is 10.2 Å². The molecule has 2 atom stereocenters. The van der Waals surface area contributed by atoms with Crippen LogP contribution < -0.4 is 10.2 Å². The van der Waals surface area contributed by atoms with Crippen molar-refractivity contribution in [2.45, 2.75) is 38.1 Å². The molecular formula is C13H19N5O2. The first-order chi connectivity index (χ1) is 9.72. The van der Waals surface area contributed by atoms with Crippen molar-refractivity contribution in [1.82, 2.24) is 9.97 Å². The lowest BCUT2D eigenvalue weighted by Gasteiger charge is -2.38. The molecule has 0 amide bonds. The van der Waals surface area contributed by atoms with Crippen LogP contribution in [-0.2, 0) is 0 Å². The van der Waals surface area contributed by atoms with Gasteiger partial charge in [0.15, 0.2) is 0 Å². The molecule has 1 saturated carbocycles. The van der Waals surface area contributed by atoms with Crippen molar-refractivity contribution in [3.63, 3.8) is 0 Å². The molecule has 3 rings (SSSR count). The van der Waals surface area contributed by atoms with Gasteiger partial charge in [-0.1, -0.05) is 6.42 Å². The fourth-order valence-electron chi connectivity index (χ4n) is 3.65. The van der Waals surface area contributed by atoms with E-state index >= 15 is 0 Å². The molecule has 1 aromatic heterocycles. The fraction of sp³-hybridized carbons (Fsp3) is 0.692. The highest BCUT2D eigenvalue weighted by Crippen LogP contribution is 2.42. The molecule has 108 valence electrons. The average Bonchev–Trinajstić information content (AvgIpc) is 2.94. The van der Waals surface area contributed by atoms with Crippen LogP contribution in [0.5, 0.6) is 0 Å². The first kappa shape index (κ1) is 13.1. The van der Waals surface area contributed by atoms with Gasteiger partial charge in [0, 0.05) is 19.6 Å². The molecule has 2 aliphatic rings. The SMILES string of the molecule is CNc1ncnc(N2CCCC3CCCC32)c1[N+](=O)[O-]. The first-order valence-corrected chi connectivity index (χ1v) is 7.16. The second kappa shape index (κ2) is 5.22. The summed E-state index contributed by atoms with van der Waals surface area (Å²) in [5.74, 6) is 1.43. The number of rotatable bonds is 3. The summed E-state index contributed by atoms with van der Waals surface area (Å²) in [7, 11) is 1.65. The average molecular weight is 277 g/mol. The van der Waals surface area contributed by atoms with Crippen LogP contribution in [-0.4, -0.2) is 34.5 Å². The largest absolute Gasteiger partial charge is 0.367 e. The molecule has 0 radical (unpaired) electrons. The predicted octanol–water partition coefficient (Wildman–Crippen LogP) is 2.20. The number of nitrogens with one attached hydrogen (secondary N) is 1. The summed E-state index contributed by atoms with van der Waals surface area (Å²) in [6.45, 7) is 0.849. The van der Waals surface area contributed by atoms with Crippen LogP contribution in [0.15, 0.2) is 6.33 Å². The summed E-state index contributed by atoms with van der Waals surface area (Å²) in [6.07, 6.45) is 7.28. The minimum Gasteiger partial charge on any atom is -0.367 e. The number of fused-ring (bicyclic) bond motifs is 1. The third kappa shape index (κ3) is 2.07. The van der Waals surface area contributed by atoms with Crippen LogP contribution >= 0.6 is 0 Å². The van der Waals surface area contributed by atoms with Crippen molar-refractivity contribution < 1.29 is 4.92 Å². The number of hydrogen-bond acceptors (Lipinski definition) is 6. The molecule has 2 fully saturated rings. The van der Waals surface area contributed by atoms with Crippen LogP contribution in [0.1, 0.15) is 32.1 Å². The van der Waals surface area contributed by atoms with Crippen molar-refractivity contribution in [3.05, 3.63) is 16.4 Å². The molecule has 1 aliphatic carbocycles. The van der Waals surface area contributed by atoms with Crippen molar-refractivity contribution in [1.29, 1.82) is 0 Å². The zero-order valence-corrected chi connectivity index (χ0v) is 11.6. The highest BCUT2D eigenvalue weighted by molar-refractivity contribution is 5.70. The van der Waals surface area contributed by atoms with Crippen LogP contribution in [0, 0.1) is 16.0 Å². The lowest BCUT2D eigenvalue weighted by atomic mass is 9.92. The van der Waals surface area contributed by atoms with E-state index in [0.29, 0.717) is 23.6 Å². The van der Waals surface area contributed by atoms with E-state index < -0.39 is 0 Å². The van der Waals surface area contributed by atoms with Gasteiger partial charge >= 0.3 is 5.69 Å². The molecule has 0 bridgehead atoms. The summed E-state index contributed by atoms with van der Waals surface area (Å²) in [5.41, 5.74) is 0.00236. The van der Waals surface area contributed by atoms with E-state index in [1.165, 1.54) is 25.6 Å². The molecule has 2 heterocycles. The van der Waals surface area contributed by atoms with Gasteiger partial charge in [0.1, 0.15) is 6.33 Å². The van der Waals surface area contributed by atoms with Crippen molar-refractivity contribution >= 4 is 17.3 Å². The maximum atomic E-state index is 11.4. The lowest BCUT2D eigenvalue weighted by molar-refractivity contribution is -0.383. The molecule has 0 aromatic carbocycles. The van der Waals surface area contributed by atoms with Gasteiger partial charge in [-0.3, -0.25) is 10.1 Å². The minimum atomic E-state index is -0.375. The third-order valence-corrected chi connectivity index (χ3v) is 4.49. The summed E-state index contributed by atoms with van der Waals surface area (Å²) >= 11 is 0. The van der Waals surface area contributed by atoms with Crippen molar-refractivity contribution in [2.75, 3.05) is 23.8 Å². The summed E-state index contributed by atoms with van der Waals surface area (Å²) in [5, 5.41) is 14.2. The minimum absolute atomic E-state index is 0.00236. The molecular weight excluding hydrogens is 258 g/mol. The Hall–Kier alpha value is -1.92. The molecule has 7 nitrogen and oxygen atoms in total. The Morgan fingerprint density at radius 2 is 2.15 bits per heavy atom. The second-order valence-corrected chi connectivity index (χ2v) is 5.50. The third-order valence-electron chi connectivity index (χ3n) is 4.49. The fourth-order valence-corrected chi connectivity index (χ4v) is 3.65. The zero-order chi connectivity index (χ0) is 14.1. The Labute approximate surface area is 117 Å². The van der Waals surface area contributed by atoms with E-state index in [-0.39, 0.29) is 10.6 Å². The molecule has 2 unspecified atom stereocenters. The number of anilines is 2. The Morgan fingerprint density at radius 3 is 2.90 bits per heavy atom. The smallest absolute Gasteiger partial charge is 0.353 e. The van der Waals surface area contributed by atoms with E-state index in [1.54, 1.807) is 7.05 Å². The van der Waals surface area contributed by atoms with Crippen molar-refractivity contribution in [3.8, 4) is 0 Å². The monoisotopic (exact) mass is 277 g/mol. The van der Waals surface area contributed by atoms with Crippen LogP contribution in [0.2, 0.25) is 0 Å². The molecule has 0 spiro atoms. The molecule has 1 saturated heterocycles. The van der Waals surface area contributed by atoms with Crippen LogP contribution in [0.4, 0.5) is 17.3 Å². The van der Waals surface area contributed by atoms with Gasteiger partial charge in [0.2, 0.25) is 11.6 Å². The number of aromatic nitrogens is 2. The first-order valence-electron chi connectivity index (χ1n) is 7.16. The standard InChI is InChI=1S/C13H19N5O2/c1-14-12-11(18(19)20)13(16-8-15-12)17-7-3-5-9-4-2-6-10(9)17/h8-10H,2-7H2,1H3,(H,14,15,16). The summed E-state index contributed by atoms with van der Waals surface area (Å²) in [4.78, 5) is 21.4. The highest BCUT2D eigenvalue weighted by Gasteiger charge is 2.39. The van der Waals surface area contributed by atoms with Crippen LogP contribution in [0.25, 0.3) is 0 Å². The summed E-state index contributed by atoms with van der Waals surface area (Å²) < 4.78 is 0. The number of nitrogens with zero attached hydrogens (tertiary/aromatic N) is 4. The number of hydrogen-bond donors (Lipinski definition) is 1. The van der Waals surface area contributed by atoms with Gasteiger partial charge in [-0.2, -0.15) is 0 Å². The molecule has 1 N–H and O–H groups in total. The normalized spacial score (nSPS) is 25.4. The molecule has 1 aromatic rings. The predicted molar refractivity (Wildman–Crippen MR) is 75.9 cm³/mol. The Morgan fingerprint density at radius 1 is 1.35 bits per heavy atom. The van der Waals surface area contributed by atoms with Gasteiger partial charge in [-0.15, -0.1) is 0 Å². The van der Waals surface area contributed by atoms with Crippen molar-refractivity contribution in [2.24, 2.45) is 5.92 Å². The van der Waals surface area contributed by atoms with Crippen LogP contribution in [0.3, 0.4) is 0 Å². The topological polar surface area (TPSA) is 84.2 Å².